The molecule has 8 heteroatoms. The Morgan fingerprint density at radius 1 is 0.889 bits per heavy atom. The molecule has 0 atom stereocenters. The quantitative estimate of drug-likeness (QED) is 0.504. The summed E-state index contributed by atoms with van der Waals surface area (Å²) in [6.45, 7) is 5.10. The van der Waals surface area contributed by atoms with Crippen LogP contribution in [0, 0.1) is 0 Å². The summed E-state index contributed by atoms with van der Waals surface area (Å²) in [5.41, 5.74) is 3.13. The number of rotatable bonds is 5. The van der Waals surface area contributed by atoms with Gasteiger partial charge in [-0.3, -0.25) is 14.6 Å². The van der Waals surface area contributed by atoms with E-state index in [0.717, 1.165) is 49.8 Å². The number of halogens is 1. The number of piperazine rings is 1. The molecule has 0 amide bonds. The molecule has 1 saturated heterocycles. The van der Waals surface area contributed by atoms with Crippen LogP contribution in [0.15, 0.2) is 60.4 Å². The molecule has 0 spiro atoms. The number of ether oxygens (including phenoxy) is 3. The summed E-state index contributed by atoms with van der Waals surface area (Å²) in [5, 5.41) is 11.3. The molecule has 0 unspecified atom stereocenters. The molecule has 0 aromatic heterocycles. The van der Waals surface area contributed by atoms with Gasteiger partial charge >= 0.3 is 0 Å². The lowest BCUT2D eigenvalue weighted by atomic mass is 10.0. The fourth-order valence-electron chi connectivity index (χ4n) is 4.79. The summed E-state index contributed by atoms with van der Waals surface area (Å²) in [7, 11) is 0. The van der Waals surface area contributed by atoms with E-state index in [1.807, 2.05) is 24.3 Å². The van der Waals surface area contributed by atoms with Crippen molar-refractivity contribution in [1.29, 1.82) is 0 Å². The van der Waals surface area contributed by atoms with Crippen molar-refractivity contribution in [2.45, 2.75) is 13.1 Å². The molecule has 6 rings (SSSR count). The Balaban J connectivity index is 1.12. The third-order valence-electron chi connectivity index (χ3n) is 6.77. The molecule has 3 aliphatic heterocycles. The Hall–Kier alpha value is -3.52. The van der Waals surface area contributed by atoms with E-state index in [1.54, 1.807) is 30.3 Å². The molecule has 0 radical (unpaired) electrons. The second kappa shape index (κ2) is 9.50. The van der Waals surface area contributed by atoms with E-state index < -0.39 is 0 Å². The van der Waals surface area contributed by atoms with Crippen LogP contribution >= 0.6 is 11.6 Å². The Labute approximate surface area is 214 Å². The predicted octanol–water partition coefficient (Wildman–Crippen LogP) is 4.71. The van der Waals surface area contributed by atoms with Crippen LogP contribution in [0.1, 0.15) is 27.0 Å². The number of carbonyl (C=O) groups excluding carboxylic acids is 1. The number of hydrogen-bond acceptors (Lipinski definition) is 7. The zero-order valence-corrected chi connectivity index (χ0v) is 20.3. The number of fused-ring (bicyclic) bond motifs is 2. The molecular formula is C28H25ClN2O5. The minimum absolute atomic E-state index is 0.136. The van der Waals surface area contributed by atoms with Crippen LogP contribution in [0.3, 0.4) is 0 Å². The highest BCUT2D eigenvalue weighted by molar-refractivity contribution is 6.30. The molecule has 1 fully saturated rings. The van der Waals surface area contributed by atoms with Crippen LogP contribution in [-0.2, 0) is 13.1 Å². The summed E-state index contributed by atoms with van der Waals surface area (Å²) in [5.74, 6) is 2.24. The van der Waals surface area contributed by atoms with Gasteiger partial charge in [-0.05, 0) is 53.6 Å². The van der Waals surface area contributed by atoms with Crippen LogP contribution < -0.4 is 14.2 Å². The first-order valence-electron chi connectivity index (χ1n) is 11.9. The Bertz CT molecular complexity index is 1350. The smallest absolute Gasteiger partial charge is 0.231 e. The number of ketones is 1. The maximum absolute atomic E-state index is 13.0. The first-order chi connectivity index (χ1) is 17.5. The van der Waals surface area contributed by atoms with Crippen LogP contribution in [0.2, 0.25) is 5.02 Å². The number of phenols is 1. The van der Waals surface area contributed by atoms with Crippen molar-refractivity contribution in [3.63, 3.8) is 0 Å². The number of hydrogen-bond donors (Lipinski definition) is 1. The van der Waals surface area contributed by atoms with Crippen LogP contribution in [0.25, 0.3) is 6.08 Å². The summed E-state index contributed by atoms with van der Waals surface area (Å²) in [6.07, 6.45) is 1.70. The van der Waals surface area contributed by atoms with E-state index in [1.165, 1.54) is 5.56 Å². The zero-order chi connectivity index (χ0) is 24.6. The highest BCUT2D eigenvalue weighted by atomic mass is 35.5. The SMILES string of the molecule is O=C1/C(=C/c2ccc(Cl)cc2)Oc2c1ccc(O)c2CN1CCN(Cc2ccc3c(c2)OCO3)CC1. The molecular weight excluding hydrogens is 480 g/mol. The molecule has 1 N–H and O–H groups in total. The first kappa shape index (κ1) is 22.9. The average molecular weight is 505 g/mol. The monoisotopic (exact) mass is 504 g/mol. The highest BCUT2D eigenvalue weighted by Crippen LogP contribution is 2.40. The summed E-state index contributed by atoms with van der Waals surface area (Å²) >= 11 is 5.97. The van der Waals surface area contributed by atoms with E-state index >= 15 is 0 Å². The van der Waals surface area contributed by atoms with Gasteiger partial charge in [0.2, 0.25) is 12.6 Å². The van der Waals surface area contributed by atoms with Gasteiger partial charge in [0.1, 0.15) is 11.5 Å². The van der Waals surface area contributed by atoms with E-state index in [2.05, 4.69) is 15.9 Å². The van der Waals surface area contributed by atoms with Crippen molar-refractivity contribution < 1.29 is 24.1 Å². The summed E-state index contributed by atoms with van der Waals surface area (Å²) < 4.78 is 16.9. The van der Waals surface area contributed by atoms with Gasteiger partial charge < -0.3 is 19.3 Å². The summed E-state index contributed by atoms with van der Waals surface area (Å²) in [4.78, 5) is 17.7. The number of aromatic hydroxyl groups is 1. The fourth-order valence-corrected chi connectivity index (χ4v) is 4.91. The molecule has 7 nitrogen and oxygen atoms in total. The number of allylic oxidation sites excluding steroid dienone is 1. The van der Waals surface area contributed by atoms with E-state index in [4.69, 9.17) is 25.8 Å². The lowest BCUT2D eigenvalue weighted by molar-refractivity contribution is 0.101. The maximum Gasteiger partial charge on any atom is 0.231 e. The van der Waals surface area contributed by atoms with Crippen molar-refractivity contribution in [2.24, 2.45) is 0 Å². The normalized spacial score (nSPS) is 18.5. The van der Waals surface area contributed by atoms with Gasteiger partial charge in [0.25, 0.3) is 0 Å². The van der Waals surface area contributed by atoms with Gasteiger partial charge in [-0.25, -0.2) is 0 Å². The van der Waals surface area contributed by atoms with Crippen LogP contribution in [-0.4, -0.2) is 53.7 Å². The van der Waals surface area contributed by atoms with Gasteiger partial charge in [-0.2, -0.15) is 0 Å². The minimum atomic E-state index is -0.185. The minimum Gasteiger partial charge on any atom is -0.507 e. The largest absolute Gasteiger partial charge is 0.507 e. The molecule has 0 aliphatic carbocycles. The second-order valence-electron chi connectivity index (χ2n) is 9.17. The predicted molar refractivity (Wildman–Crippen MR) is 136 cm³/mol. The highest BCUT2D eigenvalue weighted by Gasteiger charge is 2.32. The fraction of sp³-hybridized carbons (Fsp3) is 0.250. The topological polar surface area (TPSA) is 71.5 Å². The molecule has 3 aliphatic rings. The van der Waals surface area contributed by atoms with Gasteiger partial charge in [-0.1, -0.05) is 29.8 Å². The van der Waals surface area contributed by atoms with E-state index in [9.17, 15) is 9.90 Å². The zero-order valence-electron chi connectivity index (χ0n) is 19.6. The number of nitrogens with zero attached hydrogens (tertiary/aromatic N) is 2. The lowest BCUT2D eigenvalue weighted by Crippen LogP contribution is -2.45. The Kier molecular flexibility index (Phi) is 6.05. The lowest BCUT2D eigenvalue weighted by Gasteiger charge is -2.35. The molecule has 3 aromatic rings. The number of benzene rings is 3. The Morgan fingerprint density at radius 3 is 2.39 bits per heavy atom. The number of carbonyl (C=O) groups is 1. The molecule has 0 bridgehead atoms. The van der Waals surface area contributed by atoms with Crippen molar-refractivity contribution in [3.05, 3.63) is 87.6 Å². The van der Waals surface area contributed by atoms with Crippen molar-refractivity contribution in [3.8, 4) is 23.0 Å². The average Bonchev–Trinajstić information content (AvgIpc) is 3.47. The maximum atomic E-state index is 13.0. The Morgan fingerprint density at radius 2 is 1.61 bits per heavy atom. The van der Waals surface area contributed by atoms with Crippen LogP contribution in [0.5, 0.6) is 23.0 Å². The third kappa shape index (κ3) is 4.53. The van der Waals surface area contributed by atoms with Crippen molar-refractivity contribution in [2.75, 3.05) is 33.0 Å². The van der Waals surface area contributed by atoms with Gasteiger partial charge in [0, 0.05) is 44.3 Å². The first-order valence-corrected chi connectivity index (χ1v) is 12.3. The van der Waals surface area contributed by atoms with Crippen LogP contribution in [0.4, 0.5) is 0 Å². The van der Waals surface area contributed by atoms with E-state index in [-0.39, 0.29) is 24.1 Å². The molecule has 3 heterocycles. The molecule has 0 saturated carbocycles. The van der Waals surface area contributed by atoms with Gasteiger partial charge in [0.05, 0.1) is 11.1 Å². The van der Waals surface area contributed by atoms with Gasteiger partial charge in [-0.15, -0.1) is 0 Å². The van der Waals surface area contributed by atoms with Crippen molar-refractivity contribution in [1.82, 2.24) is 9.80 Å². The van der Waals surface area contributed by atoms with Gasteiger partial charge in [0.15, 0.2) is 17.3 Å². The number of phenolic OH excluding ortho intramolecular Hbond substituents is 1. The molecule has 3 aromatic carbocycles. The summed E-state index contributed by atoms with van der Waals surface area (Å²) in [6, 6.07) is 16.5. The second-order valence-corrected chi connectivity index (χ2v) is 9.61. The van der Waals surface area contributed by atoms with E-state index in [0.29, 0.717) is 28.4 Å². The number of Topliss-reactive ketones (excluding diaryl/α,β-unsaturated/α-hetero) is 1. The third-order valence-corrected chi connectivity index (χ3v) is 7.03. The standard InChI is InChI=1S/C28H25ClN2O5/c29-20-4-1-18(2-5-20)13-26-27(33)21-6-7-23(32)22(28(21)36-26)16-31-11-9-30(10-12-31)15-19-3-8-24-25(14-19)35-17-34-24/h1-8,13-14,32H,9-12,15-17H2/b26-13-. The van der Waals surface area contributed by atoms with Crippen molar-refractivity contribution >= 4 is 23.5 Å². The molecule has 36 heavy (non-hydrogen) atoms. The molecule has 184 valence electrons.